The molecule has 2 heterocycles. The monoisotopic (exact) mass is 370 g/mol. The second-order valence-electron chi connectivity index (χ2n) is 7.82. The fourth-order valence-electron chi connectivity index (χ4n) is 4.12. The molecule has 0 radical (unpaired) electrons. The highest BCUT2D eigenvalue weighted by molar-refractivity contribution is 5.79. The highest BCUT2D eigenvalue weighted by Crippen LogP contribution is 2.26. The van der Waals surface area contributed by atoms with Crippen molar-refractivity contribution in [2.24, 2.45) is 0 Å². The minimum absolute atomic E-state index is 0.119. The van der Waals surface area contributed by atoms with Crippen molar-refractivity contribution < 1.29 is 0 Å². The van der Waals surface area contributed by atoms with Gasteiger partial charge in [0, 0.05) is 26.2 Å². The zero-order valence-electron chi connectivity index (χ0n) is 17.3. The number of aryl methyl sites for hydroxylation is 2. The Kier molecular flexibility index (Phi) is 6.66. The summed E-state index contributed by atoms with van der Waals surface area (Å²) in [5.74, 6) is 0.960. The van der Waals surface area contributed by atoms with Crippen LogP contribution in [-0.4, -0.2) is 40.6 Å². The number of fused-ring (bicyclic) bond motifs is 1. The van der Waals surface area contributed by atoms with Gasteiger partial charge in [-0.25, -0.2) is 4.98 Å². The van der Waals surface area contributed by atoms with Crippen molar-refractivity contribution in [2.75, 3.05) is 26.2 Å². The van der Waals surface area contributed by atoms with Gasteiger partial charge in [-0.3, -0.25) is 14.3 Å². The van der Waals surface area contributed by atoms with Crippen LogP contribution in [0.2, 0.25) is 0 Å². The Hall–Kier alpha value is -1.72. The summed E-state index contributed by atoms with van der Waals surface area (Å²) in [7, 11) is 0. The number of benzene rings is 1. The Morgan fingerprint density at radius 1 is 1.11 bits per heavy atom. The number of hydrogen-bond acceptors (Lipinski definition) is 4. The van der Waals surface area contributed by atoms with Gasteiger partial charge in [-0.05, 0) is 62.9 Å². The molecule has 0 saturated carbocycles. The van der Waals surface area contributed by atoms with Crippen molar-refractivity contribution in [3.05, 3.63) is 39.4 Å². The van der Waals surface area contributed by atoms with Crippen molar-refractivity contribution in [3.63, 3.8) is 0 Å². The van der Waals surface area contributed by atoms with Gasteiger partial charge in [0.1, 0.15) is 5.82 Å². The lowest BCUT2D eigenvalue weighted by molar-refractivity contribution is 0.185. The first-order valence-electron chi connectivity index (χ1n) is 10.5. The van der Waals surface area contributed by atoms with E-state index in [1.54, 1.807) is 0 Å². The summed E-state index contributed by atoms with van der Waals surface area (Å²) < 4.78 is 1.95. The maximum atomic E-state index is 13.4. The predicted octanol–water partition coefficient (Wildman–Crippen LogP) is 3.56. The molecular weight excluding hydrogens is 336 g/mol. The zero-order chi connectivity index (χ0) is 19.4. The minimum atomic E-state index is 0.119. The van der Waals surface area contributed by atoms with Crippen LogP contribution in [0.1, 0.15) is 62.5 Å². The van der Waals surface area contributed by atoms with E-state index in [1.807, 2.05) is 10.6 Å². The molecule has 1 aromatic carbocycles. The molecule has 0 bridgehead atoms. The molecule has 148 valence electrons. The summed E-state index contributed by atoms with van der Waals surface area (Å²) in [5, 5.41) is 4.24. The maximum Gasteiger partial charge on any atom is 0.261 e. The Balaban J connectivity index is 2.17. The highest BCUT2D eigenvalue weighted by Gasteiger charge is 2.26. The lowest BCUT2D eigenvalue weighted by Crippen LogP contribution is -2.37. The van der Waals surface area contributed by atoms with E-state index in [1.165, 1.54) is 5.56 Å². The molecule has 1 aromatic heterocycles. The first kappa shape index (κ1) is 20.0. The Labute approximate surface area is 162 Å². The van der Waals surface area contributed by atoms with Crippen LogP contribution in [0.3, 0.4) is 0 Å². The molecule has 5 nitrogen and oxygen atoms in total. The SMILES string of the molecule is CCCC(c1nc2cc(C)c(C)cc2c(=O)n1CCC)N1CCCNCC1. The molecule has 27 heavy (non-hydrogen) atoms. The van der Waals surface area contributed by atoms with Crippen LogP contribution in [0.25, 0.3) is 10.9 Å². The highest BCUT2D eigenvalue weighted by atomic mass is 16.1. The molecule has 1 saturated heterocycles. The molecule has 2 aromatic rings. The third-order valence-corrected chi connectivity index (χ3v) is 5.72. The van der Waals surface area contributed by atoms with E-state index in [9.17, 15) is 4.79 Å². The maximum absolute atomic E-state index is 13.4. The first-order valence-corrected chi connectivity index (χ1v) is 10.5. The van der Waals surface area contributed by atoms with Gasteiger partial charge in [0.25, 0.3) is 5.56 Å². The Morgan fingerprint density at radius 2 is 1.89 bits per heavy atom. The molecule has 3 rings (SSSR count). The topological polar surface area (TPSA) is 50.2 Å². The standard InChI is InChI=1S/C22H34N4O/c1-5-8-20(25-12-7-9-23-10-13-25)21-24-19-15-17(4)16(3)14-18(19)22(27)26(21)11-6-2/h14-15,20,23H,5-13H2,1-4H3. The minimum Gasteiger partial charge on any atom is -0.315 e. The van der Waals surface area contributed by atoms with Gasteiger partial charge in [-0.15, -0.1) is 0 Å². The molecule has 1 N–H and O–H groups in total. The average Bonchev–Trinajstić information content (AvgIpc) is 2.93. The van der Waals surface area contributed by atoms with Crippen LogP contribution in [-0.2, 0) is 6.54 Å². The molecule has 1 atom stereocenters. The molecule has 1 aliphatic heterocycles. The van der Waals surface area contributed by atoms with Crippen LogP contribution in [0.5, 0.6) is 0 Å². The number of nitrogens with zero attached hydrogens (tertiary/aromatic N) is 3. The van der Waals surface area contributed by atoms with Crippen LogP contribution in [0.15, 0.2) is 16.9 Å². The first-order chi connectivity index (χ1) is 13.1. The molecule has 0 aliphatic carbocycles. The fraction of sp³-hybridized carbons (Fsp3) is 0.636. The van der Waals surface area contributed by atoms with Crippen molar-refractivity contribution in [3.8, 4) is 0 Å². The third-order valence-electron chi connectivity index (χ3n) is 5.72. The van der Waals surface area contributed by atoms with Crippen LogP contribution in [0, 0.1) is 13.8 Å². The molecule has 1 fully saturated rings. The second kappa shape index (κ2) is 8.98. The van der Waals surface area contributed by atoms with E-state index < -0.39 is 0 Å². The fourth-order valence-corrected chi connectivity index (χ4v) is 4.12. The summed E-state index contributed by atoms with van der Waals surface area (Å²) in [6.07, 6.45) is 4.20. The predicted molar refractivity (Wildman–Crippen MR) is 112 cm³/mol. The van der Waals surface area contributed by atoms with Crippen LogP contribution < -0.4 is 10.9 Å². The normalized spacial score (nSPS) is 17.2. The molecule has 1 unspecified atom stereocenters. The lowest BCUT2D eigenvalue weighted by atomic mass is 10.0. The van der Waals surface area contributed by atoms with Gasteiger partial charge in [0.15, 0.2) is 0 Å². The van der Waals surface area contributed by atoms with Crippen molar-refractivity contribution in [1.29, 1.82) is 0 Å². The van der Waals surface area contributed by atoms with Gasteiger partial charge in [-0.1, -0.05) is 20.3 Å². The van der Waals surface area contributed by atoms with Gasteiger partial charge in [-0.2, -0.15) is 0 Å². The van der Waals surface area contributed by atoms with Gasteiger partial charge in [0.05, 0.1) is 16.9 Å². The van der Waals surface area contributed by atoms with Gasteiger partial charge >= 0.3 is 0 Å². The Bertz CT molecular complexity index is 834. The van der Waals surface area contributed by atoms with Crippen molar-refractivity contribution >= 4 is 10.9 Å². The van der Waals surface area contributed by atoms with Crippen LogP contribution >= 0.6 is 0 Å². The Morgan fingerprint density at radius 3 is 2.63 bits per heavy atom. The van der Waals surface area contributed by atoms with E-state index in [-0.39, 0.29) is 11.6 Å². The van der Waals surface area contributed by atoms with Crippen LogP contribution in [0.4, 0.5) is 0 Å². The van der Waals surface area contributed by atoms with E-state index in [0.29, 0.717) is 0 Å². The number of nitrogens with one attached hydrogen (secondary N) is 1. The average molecular weight is 371 g/mol. The van der Waals surface area contributed by atoms with E-state index >= 15 is 0 Å². The summed E-state index contributed by atoms with van der Waals surface area (Å²) in [4.78, 5) is 21.0. The summed E-state index contributed by atoms with van der Waals surface area (Å²) >= 11 is 0. The van der Waals surface area contributed by atoms with E-state index in [2.05, 4.69) is 44.0 Å². The largest absolute Gasteiger partial charge is 0.315 e. The summed E-state index contributed by atoms with van der Waals surface area (Å²) in [6.45, 7) is 13.4. The smallest absolute Gasteiger partial charge is 0.261 e. The van der Waals surface area contributed by atoms with E-state index in [0.717, 1.165) is 80.7 Å². The summed E-state index contributed by atoms with van der Waals surface area (Å²) in [6, 6.07) is 4.31. The molecule has 1 aliphatic rings. The molecular formula is C22H34N4O. The van der Waals surface area contributed by atoms with Crippen molar-refractivity contribution in [2.45, 2.75) is 66.0 Å². The quantitative estimate of drug-likeness (QED) is 0.845. The number of hydrogen-bond donors (Lipinski definition) is 1. The van der Waals surface area contributed by atoms with Gasteiger partial charge in [0.2, 0.25) is 0 Å². The molecule has 0 amide bonds. The van der Waals surface area contributed by atoms with E-state index in [4.69, 9.17) is 4.98 Å². The molecule has 0 spiro atoms. The van der Waals surface area contributed by atoms with Crippen molar-refractivity contribution in [1.82, 2.24) is 19.8 Å². The number of rotatable bonds is 6. The molecule has 5 heteroatoms. The second-order valence-corrected chi connectivity index (χ2v) is 7.82. The third kappa shape index (κ3) is 4.25. The lowest BCUT2D eigenvalue weighted by Gasteiger charge is -2.31. The zero-order valence-corrected chi connectivity index (χ0v) is 17.3. The number of aromatic nitrogens is 2. The van der Waals surface area contributed by atoms with Gasteiger partial charge < -0.3 is 5.32 Å². The summed E-state index contributed by atoms with van der Waals surface area (Å²) in [5.41, 5.74) is 3.31.